The van der Waals surface area contributed by atoms with E-state index in [0.717, 1.165) is 52.5 Å². The largest absolute Gasteiger partial charge is 0.494 e. The summed E-state index contributed by atoms with van der Waals surface area (Å²) < 4.78 is 5.75. The second-order valence-electron chi connectivity index (χ2n) is 9.71. The summed E-state index contributed by atoms with van der Waals surface area (Å²) in [5.41, 5.74) is 3.51. The van der Waals surface area contributed by atoms with Crippen LogP contribution in [0.2, 0.25) is 0 Å². The number of carbonyl (C=O) groups excluding carboxylic acids is 1. The van der Waals surface area contributed by atoms with Gasteiger partial charge in [0, 0.05) is 27.7 Å². The number of carboxylic acids is 1. The van der Waals surface area contributed by atoms with Crippen LogP contribution in [0.5, 0.6) is 5.75 Å². The first-order chi connectivity index (χ1) is 20.0. The van der Waals surface area contributed by atoms with Gasteiger partial charge in [0.05, 0.1) is 13.0 Å². The Morgan fingerprint density at radius 2 is 1.59 bits per heavy atom. The molecule has 0 aliphatic carbocycles. The summed E-state index contributed by atoms with van der Waals surface area (Å²) in [4.78, 5) is 28.3. The zero-order valence-corrected chi connectivity index (χ0v) is 24.1. The maximum Gasteiger partial charge on any atom is 0.326 e. The van der Waals surface area contributed by atoms with Crippen molar-refractivity contribution in [3.63, 3.8) is 0 Å². The summed E-state index contributed by atoms with van der Waals surface area (Å²) >= 11 is 1.57. The molecular weight excluding hydrogens is 532 g/mol. The van der Waals surface area contributed by atoms with E-state index in [1.54, 1.807) is 16.7 Å². The molecule has 0 aromatic heterocycles. The Labute approximate surface area is 246 Å². The lowest BCUT2D eigenvalue weighted by Crippen LogP contribution is -2.36. The molecule has 0 atom stereocenters. The van der Waals surface area contributed by atoms with Crippen molar-refractivity contribution < 1.29 is 19.4 Å². The highest BCUT2D eigenvalue weighted by Crippen LogP contribution is 2.31. The van der Waals surface area contributed by atoms with Crippen LogP contribution in [0.25, 0.3) is 0 Å². The number of ether oxygens (including phenoxy) is 1. The van der Waals surface area contributed by atoms with E-state index in [4.69, 9.17) is 9.84 Å². The van der Waals surface area contributed by atoms with E-state index in [2.05, 4.69) is 24.4 Å². The van der Waals surface area contributed by atoms with E-state index in [0.29, 0.717) is 18.8 Å². The number of nitrogens with zero attached hydrogens (tertiary/aromatic N) is 1. The maximum absolute atomic E-state index is 13.6. The molecule has 4 rings (SSSR count). The monoisotopic (exact) mass is 568 g/mol. The SMILES string of the molecule is CCCCOc1ccc(NC(=O)N(CCCc2ccccc2)c2cccc(Sc3ccc(CC(=O)O)cc3)c2)cc1. The summed E-state index contributed by atoms with van der Waals surface area (Å²) in [6.07, 6.45) is 3.76. The Morgan fingerprint density at radius 1 is 0.829 bits per heavy atom. The summed E-state index contributed by atoms with van der Waals surface area (Å²) in [6.45, 7) is 3.36. The van der Waals surface area contributed by atoms with Gasteiger partial charge >= 0.3 is 12.0 Å². The molecule has 0 aliphatic rings. The van der Waals surface area contributed by atoms with Gasteiger partial charge in [0.25, 0.3) is 0 Å². The summed E-state index contributed by atoms with van der Waals surface area (Å²) in [7, 11) is 0. The standard InChI is InChI=1S/C34H36N2O4S/c1-2-3-23-40-30-18-16-28(17-19-30)35-34(39)36(22-8-11-26-9-5-4-6-10-26)29-12-7-13-32(25-29)41-31-20-14-27(15-21-31)24-33(37)38/h4-7,9-10,12-21,25H,2-3,8,11,22-24H2,1H3,(H,35,39)(H,37,38). The van der Waals surface area contributed by atoms with Crippen molar-refractivity contribution in [1.29, 1.82) is 0 Å². The lowest BCUT2D eigenvalue weighted by Gasteiger charge is -2.24. The molecule has 0 spiro atoms. The maximum atomic E-state index is 13.6. The van der Waals surface area contributed by atoms with Gasteiger partial charge in [-0.05, 0) is 85.0 Å². The van der Waals surface area contributed by atoms with Crippen LogP contribution >= 0.6 is 11.8 Å². The quantitative estimate of drug-likeness (QED) is 0.150. The highest BCUT2D eigenvalue weighted by Gasteiger charge is 2.17. The predicted octanol–water partition coefficient (Wildman–Crippen LogP) is 8.32. The van der Waals surface area contributed by atoms with Crippen molar-refractivity contribution >= 4 is 35.1 Å². The van der Waals surface area contributed by atoms with Crippen LogP contribution in [-0.4, -0.2) is 30.3 Å². The number of benzene rings is 4. The number of carbonyl (C=O) groups is 2. The van der Waals surface area contributed by atoms with E-state index in [1.165, 1.54) is 5.56 Å². The molecule has 212 valence electrons. The molecule has 41 heavy (non-hydrogen) atoms. The van der Waals surface area contributed by atoms with Crippen LogP contribution in [0.3, 0.4) is 0 Å². The summed E-state index contributed by atoms with van der Waals surface area (Å²) in [5.74, 6) is -0.0585. The molecule has 0 heterocycles. The number of unbranched alkanes of at least 4 members (excludes halogenated alkanes) is 1. The van der Waals surface area contributed by atoms with Gasteiger partial charge in [-0.25, -0.2) is 4.79 Å². The van der Waals surface area contributed by atoms with Crippen LogP contribution in [0.15, 0.2) is 113 Å². The number of anilines is 2. The average molecular weight is 569 g/mol. The minimum absolute atomic E-state index is 0.00208. The number of nitrogens with one attached hydrogen (secondary N) is 1. The average Bonchev–Trinajstić information content (AvgIpc) is 2.98. The topological polar surface area (TPSA) is 78.9 Å². The molecule has 0 saturated carbocycles. The van der Waals surface area contributed by atoms with Crippen LogP contribution < -0.4 is 15.0 Å². The lowest BCUT2D eigenvalue weighted by atomic mass is 10.1. The minimum atomic E-state index is -0.847. The number of amides is 2. The smallest absolute Gasteiger partial charge is 0.326 e. The highest BCUT2D eigenvalue weighted by atomic mass is 32.2. The van der Waals surface area contributed by atoms with Gasteiger partial charge in [-0.3, -0.25) is 9.69 Å². The summed E-state index contributed by atoms with van der Waals surface area (Å²) in [6, 6.07) is 33.0. The van der Waals surface area contributed by atoms with Crippen molar-refractivity contribution in [3.8, 4) is 5.75 Å². The number of hydrogen-bond acceptors (Lipinski definition) is 4. The van der Waals surface area contributed by atoms with E-state index in [9.17, 15) is 9.59 Å². The minimum Gasteiger partial charge on any atom is -0.494 e. The van der Waals surface area contributed by atoms with Crippen molar-refractivity contribution in [2.24, 2.45) is 0 Å². The summed E-state index contributed by atoms with van der Waals surface area (Å²) in [5, 5.41) is 12.1. The van der Waals surface area contributed by atoms with Crippen LogP contribution in [0.4, 0.5) is 16.2 Å². The second kappa shape index (κ2) is 15.5. The van der Waals surface area contributed by atoms with Gasteiger partial charge in [0.1, 0.15) is 5.75 Å². The van der Waals surface area contributed by atoms with Crippen LogP contribution in [-0.2, 0) is 17.6 Å². The predicted molar refractivity (Wildman–Crippen MR) is 166 cm³/mol. The highest BCUT2D eigenvalue weighted by molar-refractivity contribution is 7.99. The Balaban J connectivity index is 1.47. The van der Waals surface area contributed by atoms with Crippen molar-refractivity contribution in [3.05, 3.63) is 114 Å². The molecule has 4 aromatic carbocycles. The molecular formula is C34H36N2O4S. The fourth-order valence-corrected chi connectivity index (χ4v) is 5.17. The number of aliphatic carboxylic acids is 1. The first kappa shape index (κ1) is 29.7. The molecule has 2 amide bonds. The fourth-order valence-electron chi connectivity index (χ4n) is 4.29. The first-order valence-corrected chi connectivity index (χ1v) is 14.8. The Bertz CT molecular complexity index is 1390. The second-order valence-corrected chi connectivity index (χ2v) is 10.9. The lowest BCUT2D eigenvalue weighted by molar-refractivity contribution is -0.136. The van der Waals surface area contributed by atoms with Crippen molar-refractivity contribution in [2.75, 3.05) is 23.4 Å². The molecule has 4 aromatic rings. The molecule has 0 radical (unpaired) electrons. The van der Waals surface area contributed by atoms with E-state index >= 15 is 0 Å². The van der Waals surface area contributed by atoms with Gasteiger partial charge in [-0.15, -0.1) is 0 Å². The molecule has 0 bridgehead atoms. The van der Waals surface area contributed by atoms with Gasteiger partial charge in [-0.2, -0.15) is 0 Å². The van der Waals surface area contributed by atoms with Crippen LogP contribution in [0, 0.1) is 0 Å². The Hall–Kier alpha value is -4.23. The molecule has 6 nitrogen and oxygen atoms in total. The van der Waals surface area contributed by atoms with Gasteiger partial charge < -0.3 is 15.2 Å². The number of aryl methyl sites for hydroxylation is 1. The number of hydrogen-bond donors (Lipinski definition) is 2. The Morgan fingerprint density at radius 3 is 2.29 bits per heavy atom. The zero-order valence-electron chi connectivity index (χ0n) is 23.3. The van der Waals surface area contributed by atoms with E-state index in [-0.39, 0.29) is 12.5 Å². The molecule has 0 unspecified atom stereocenters. The number of urea groups is 1. The Kier molecular flexibility index (Phi) is 11.3. The van der Waals surface area contributed by atoms with Crippen molar-refractivity contribution in [2.45, 2.75) is 48.8 Å². The number of carboxylic acid groups (broad SMARTS) is 1. The van der Waals surface area contributed by atoms with Gasteiger partial charge in [-0.1, -0.05) is 73.6 Å². The zero-order chi connectivity index (χ0) is 28.9. The molecule has 0 saturated heterocycles. The third-order valence-electron chi connectivity index (χ3n) is 6.45. The molecule has 0 aliphatic heterocycles. The molecule has 2 N–H and O–H groups in total. The van der Waals surface area contributed by atoms with Gasteiger partial charge in [0.15, 0.2) is 0 Å². The van der Waals surface area contributed by atoms with E-state index in [1.807, 2.05) is 91.0 Å². The van der Waals surface area contributed by atoms with Crippen molar-refractivity contribution in [1.82, 2.24) is 0 Å². The number of rotatable bonds is 14. The first-order valence-electron chi connectivity index (χ1n) is 13.9. The molecule has 0 fully saturated rings. The third-order valence-corrected chi connectivity index (χ3v) is 7.45. The molecule has 7 heteroatoms. The third kappa shape index (κ3) is 9.72. The van der Waals surface area contributed by atoms with E-state index < -0.39 is 5.97 Å². The van der Waals surface area contributed by atoms with Crippen LogP contribution in [0.1, 0.15) is 37.3 Å². The fraction of sp³-hybridized carbons (Fsp3) is 0.235. The normalized spacial score (nSPS) is 10.7. The van der Waals surface area contributed by atoms with Gasteiger partial charge in [0.2, 0.25) is 0 Å².